The molecule has 5 N–H and O–H groups in total. The third-order valence-electron chi connectivity index (χ3n) is 2.63. The zero-order valence-electron chi connectivity index (χ0n) is 14.1. The Bertz CT molecular complexity index is 1010. The van der Waals surface area contributed by atoms with Crippen LogP contribution in [0.2, 0.25) is 0 Å². The number of aliphatic carboxylic acids is 1. The van der Waals surface area contributed by atoms with Crippen LogP contribution in [0.1, 0.15) is 6.42 Å². The molecule has 0 saturated heterocycles. The van der Waals surface area contributed by atoms with Gasteiger partial charge in [-0.25, -0.2) is 4.79 Å². The second kappa shape index (κ2) is 14.1. The van der Waals surface area contributed by atoms with Crippen LogP contribution in [0.25, 0.3) is 0 Å². The second-order valence-corrected chi connectivity index (χ2v) is 4.55. The lowest BCUT2D eigenvalue weighted by molar-refractivity contribution is -0.165. The Morgan fingerprint density at radius 3 is 1.50 bits per heavy atom. The first-order valence-corrected chi connectivity index (χ1v) is 7.24. The standard InChI is InChI=1S/C21H12O7/c1-2-3-4-5-6-7-8-9-10-11-12-13-14-15-16(22)17(23)18(24)19(25)20(26)21(27)28/h1,17-20,23-26H,15H2,(H,27,28)/t17-,18+,19-,20-/m1/s1. The molecule has 7 heteroatoms. The van der Waals surface area contributed by atoms with Crippen molar-refractivity contribution in [3.63, 3.8) is 0 Å². The lowest BCUT2D eigenvalue weighted by atomic mass is 9.99. The number of carbonyl (C=O) groups is 2. The number of Topliss-reactive ketones (excluding diaryl/α,β-unsaturated/α-hetero) is 1. The molecule has 0 aliphatic carbocycles. The smallest absolute Gasteiger partial charge is 0.335 e. The van der Waals surface area contributed by atoms with Gasteiger partial charge >= 0.3 is 5.97 Å². The van der Waals surface area contributed by atoms with Crippen LogP contribution in [0.4, 0.5) is 0 Å². The predicted molar refractivity (Wildman–Crippen MR) is 96.8 cm³/mol. The fraction of sp³-hybridized carbons (Fsp3) is 0.238. The van der Waals surface area contributed by atoms with Gasteiger partial charge in [0.25, 0.3) is 0 Å². The van der Waals surface area contributed by atoms with E-state index in [1.54, 1.807) is 0 Å². The number of hydrogen-bond donors (Lipinski definition) is 5. The third kappa shape index (κ3) is 10.0. The zero-order valence-corrected chi connectivity index (χ0v) is 14.1. The minimum atomic E-state index is -2.36. The highest BCUT2D eigenvalue weighted by atomic mass is 16.4. The lowest BCUT2D eigenvalue weighted by Crippen LogP contribution is -2.49. The Balaban J connectivity index is 4.61. The van der Waals surface area contributed by atoms with Gasteiger partial charge in [-0.2, -0.15) is 0 Å². The van der Waals surface area contributed by atoms with Crippen molar-refractivity contribution in [1.29, 1.82) is 0 Å². The minimum absolute atomic E-state index is 0.537. The van der Waals surface area contributed by atoms with Gasteiger partial charge in [0.2, 0.25) is 0 Å². The molecule has 0 fully saturated rings. The van der Waals surface area contributed by atoms with Crippen LogP contribution in [-0.2, 0) is 9.59 Å². The van der Waals surface area contributed by atoms with E-state index in [1.165, 1.54) is 0 Å². The van der Waals surface area contributed by atoms with Gasteiger partial charge in [0.15, 0.2) is 11.9 Å². The number of aliphatic hydroxyl groups is 4. The Labute approximate surface area is 161 Å². The molecule has 0 rings (SSSR count). The van der Waals surface area contributed by atoms with E-state index in [0.717, 1.165) is 0 Å². The van der Waals surface area contributed by atoms with Crippen molar-refractivity contribution < 1.29 is 35.1 Å². The van der Waals surface area contributed by atoms with E-state index in [1.807, 2.05) is 0 Å². The topological polar surface area (TPSA) is 135 Å². The molecule has 0 unspecified atom stereocenters. The molecular formula is C21H12O7. The van der Waals surface area contributed by atoms with Gasteiger partial charge in [0, 0.05) is 0 Å². The summed E-state index contributed by atoms with van der Waals surface area (Å²) in [5.74, 6) is 27.2. The summed E-state index contributed by atoms with van der Waals surface area (Å²) < 4.78 is 0. The monoisotopic (exact) mass is 376 g/mol. The van der Waals surface area contributed by atoms with E-state index in [2.05, 4.69) is 77.0 Å². The predicted octanol–water partition coefficient (Wildman–Crippen LogP) is -2.87. The van der Waals surface area contributed by atoms with Gasteiger partial charge in [-0.15, -0.1) is 6.42 Å². The van der Waals surface area contributed by atoms with Crippen LogP contribution >= 0.6 is 0 Å². The molecule has 28 heavy (non-hydrogen) atoms. The van der Waals surface area contributed by atoms with Crippen LogP contribution in [0.3, 0.4) is 0 Å². The average molecular weight is 376 g/mol. The van der Waals surface area contributed by atoms with Gasteiger partial charge in [-0.05, 0) is 71.0 Å². The van der Waals surface area contributed by atoms with Crippen molar-refractivity contribution in [2.45, 2.75) is 30.8 Å². The molecule has 0 heterocycles. The van der Waals surface area contributed by atoms with Gasteiger partial charge in [-0.1, -0.05) is 5.92 Å². The Kier molecular flexibility index (Phi) is 12.0. The summed E-state index contributed by atoms with van der Waals surface area (Å²) in [7, 11) is 0. The van der Waals surface area contributed by atoms with E-state index in [0.29, 0.717) is 0 Å². The maximum Gasteiger partial charge on any atom is 0.335 e. The van der Waals surface area contributed by atoms with Crippen molar-refractivity contribution in [2.24, 2.45) is 0 Å². The third-order valence-corrected chi connectivity index (χ3v) is 2.63. The maximum absolute atomic E-state index is 11.6. The molecule has 0 spiro atoms. The van der Waals surface area contributed by atoms with Gasteiger partial charge < -0.3 is 25.5 Å². The fourth-order valence-electron chi connectivity index (χ4n) is 1.31. The minimum Gasteiger partial charge on any atom is -0.479 e. The molecule has 0 aromatic heterocycles. The summed E-state index contributed by atoms with van der Waals surface area (Å²) in [4.78, 5) is 22.1. The summed E-state index contributed by atoms with van der Waals surface area (Å²) in [6.07, 6.45) is -4.61. The second-order valence-electron chi connectivity index (χ2n) is 4.55. The molecule has 7 nitrogen and oxygen atoms in total. The highest BCUT2D eigenvalue weighted by Crippen LogP contribution is 2.07. The van der Waals surface area contributed by atoms with E-state index in [4.69, 9.17) is 16.6 Å². The average Bonchev–Trinajstić information content (AvgIpc) is 2.68. The number of rotatable bonds is 6. The van der Waals surface area contributed by atoms with Crippen LogP contribution in [0.5, 0.6) is 0 Å². The van der Waals surface area contributed by atoms with E-state index in [-0.39, 0.29) is 0 Å². The molecule has 138 valence electrons. The number of aliphatic hydroxyl groups excluding tert-OH is 4. The van der Waals surface area contributed by atoms with Crippen molar-refractivity contribution in [2.75, 3.05) is 0 Å². The largest absolute Gasteiger partial charge is 0.479 e. The highest BCUT2D eigenvalue weighted by Gasteiger charge is 2.36. The number of carboxylic acid groups (broad SMARTS) is 1. The fourth-order valence-corrected chi connectivity index (χ4v) is 1.31. The van der Waals surface area contributed by atoms with E-state index < -0.39 is 42.6 Å². The molecule has 0 aliphatic heterocycles. The zero-order chi connectivity index (χ0) is 21.4. The number of carboxylic acids is 1. The number of ketones is 1. The quantitative estimate of drug-likeness (QED) is 0.315. The normalized spacial score (nSPS) is 12.0. The van der Waals surface area contributed by atoms with Crippen LogP contribution in [-0.4, -0.2) is 61.7 Å². The van der Waals surface area contributed by atoms with Crippen LogP contribution in [0, 0.1) is 83.4 Å². The molecule has 0 bridgehead atoms. The van der Waals surface area contributed by atoms with Gasteiger partial charge in [-0.3, -0.25) is 4.79 Å². The summed E-state index contributed by atoms with van der Waals surface area (Å²) >= 11 is 0. The SMILES string of the molecule is C#CC#CC#CC#CC#CC#CC#CCC(=O)[C@@H](O)[C@H](O)[C@@H](O)[C@@H](O)C(=O)O. The van der Waals surface area contributed by atoms with E-state index >= 15 is 0 Å². The first-order chi connectivity index (χ1) is 13.3. The van der Waals surface area contributed by atoms with Crippen LogP contribution < -0.4 is 0 Å². The Morgan fingerprint density at radius 2 is 1.07 bits per heavy atom. The summed E-state index contributed by atoms with van der Waals surface area (Å²) in [5.41, 5.74) is 0. The molecule has 0 aliphatic rings. The number of terminal acetylenes is 1. The number of carbonyl (C=O) groups excluding carboxylic acids is 1. The first kappa shape index (κ1) is 23.9. The van der Waals surface area contributed by atoms with Crippen molar-refractivity contribution in [3.05, 3.63) is 0 Å². The molecule has 0 saturated carbocycles. The summed E-state index contributed by atoms with van der Waals surface area (Å²) in [6.45, 7) is 0. The van der Waals surface area contributed by atoms with E-state index in [9.17, 15) is 24.9 Å². The maximum atomic E-state index is 11.6. The van der Waals surface area contributed by atoms with Gasteiger partial charge in [0.1, 0.15) is 18.3 Å². The molecular weight excluding hydrogens is 364 g/mol. The van der Waals surface area contributed by atoms with Gasteiger partial charge in [0.05, 0.1) is 6.42 Å². The van der Waals surface area contributed by atoms with Crippen molar-refractivity contribution in [3.8, 4) is 83.4 Å². The van der Waals surface area contributed by atoms with Crippen molar-refractivity contribution in [1.82, 2.24) is 0 Å². The molecule has 0 aromatic rings. The Morgan fingerprint density at radius 1 is 0.679 bits per heavy atom. The summed E-state index contributed by atoms with van der Waals surface area (Å²) in [6, 6.07) is 0. The first-order valence-electron chi connectivity index (χ1n) is 7.24. The highest BCUT2D eigenvalue weighted by molar-refractivity contribution is 5.86. The Hall–Kier alpha value is -4.10. The number of hydrogen-bond acceptors (Lipinski definition) is 6. The lowest BCUT2D eigenvalue weighted by Gasteiger charge is -2.23. The molecule has 4 atom stereocenters. The summed E-state index contributed by atoms with van der Waals surface area (Å²) in [5, 5.41) is 46.0. The molecule has 0 aromatic carbocycles. The van der Waals surface area contributed by atoms with Crippen LogP contribution in [0.15, 0.2) is 0 Å². The van der Waals surface area contributed by atoms with Crippen molar-refractivity contribution >= 4 is 11.8 Å². The molecule has 0 amide bonds. The molecule has 0 radical (unpaired) electrons.